The lowest BCUT2D eigenvalue weighted by atomic mass is 10.0. The molecule has 8 heteroatoms. The first-order chi connectivity index (χ1) is 10.7. The molecule has 2 rings (SSSR count). The van der Waals surface area contributed by atoms with Crippen LogP contribution in [-0.4, -0.2) is 40.4 Å². The average molecular weight is 370 g/mol. The number of nitrogens with zero attached hydrogens (tertiary/aromatic N) is 1. The fraction of sp³-hybridized carbons (Fsp3) is 0.333. The number of thiocarbonyl (C=S) groups is 1. The van der Waals surface area contributed by atoms with Crippen molar-refractivity contribution in [1.82, 2.24) is 4.90 Å². The first kappa shape index (κ1) is 18.1. The minimum atomic E-state index is -4.38. The minimum Gasteiger partial charge on any atom is -0.748 e. The topological polar surface area (TPSA) is 77.5 Å². The highest BCUT2D eigenvalue weighted by atomic mass is 32.2. The van der Waals surface area contributed by atoms with E-state index in [-0.39, 0.29) is 16.8 Å². The van der Waals surface area contributed by atoms with Crippen LogP contribution in [0, 0.1) is 0 Å². The quantitative estimate of drug-likeness (QED) is 0.450. The van der Waals surface area contributed by atoms with E-state index in [4.69, 9.17) is 12.2 Å². The van der Waals surface area contributed by atoms with Crippen molar-refractivity contribution in [3.8, 4) is 0 Å². The fourth-order valence-electron chi connectivity index (χ4n) is 2.02. The first-order valence-electron chi connectivity index (χ1n) is 6.96. The maximum atomic E-state index is 12.3. The zero-order chi connectivity index (χ0) is 17.2. The smallest absolute Gasteiger partial charge is 0.266 e. The van der Waals surface area contributed by atoms with E-state index >= 15 is 0 Å². The van der Waals surface area contributed by atoms with Crippen molar-refractivity contribution in [2.45, 2.75) is 19.8 Å². The Balaban J connectivity index is 2.14. The summed E-state index contributed by atoms with van der Waals surface area (Å²) in [6, 6.07) is 7.84. The zero-order valence-corrected chi connectivity index (χ0v) is 15.1. The third-order valence-corrected chi connectivity index (χ3v) is 5.40. The average Bonchev–Trinajstić information content (AvgIpc) is 2.71. The van der Waals surface area contributed by atoms with Gasteiger partial charge in [-0.3, -0.25) is 9.69 Å². The summed E-state index contributed by atoms with van der Waals surface area (Å²) < 4.78 is 32.4. The first-order valence-corrected chi connectivity index (χ1v) is 9.76. The molecule has 23 heavy (non-hydrogen) atoms. The molecule has 0 atom stereocenters. The van der Waals surface area contributed by atoms with Gasteiger partial charge in [-0.05, 0) is 23.1 Å². The standard InChI is InChI=1S/C15H17NO4S3/c1-10(2)12-5-3-11(4-6-12)9-13-14(17)16(15(21)22-13)7-8-23(18,19)20/h3-6,9-10H,7-8H2,1-2H3,(H,18,19,20)/p-1/b13-9-. The Morgan fingerprint density at radius 1 is 1.30 bits per heavy atom. The molecule has 1 aromatic carbocycles. The molecule has 1 amide bonds. The molecule has 0 unspecified atom stereocenters. The molecular weight excluding hydrogens is 354 g/mol. The largest absolute Gasteiger partial charge is 0.748 e. The Morgan fingerprint density at radius 2 is 1.91 bits per heavy atom. The highest BCUT2D eigenvalue weighted by molar-refractivity contribution is 8.26. The lowest BCUT2D eigenvalue weighted by Gasteiger charge is -2.15. The van der Waals surface area contributed by atoms with Crippen LogP contribution in [0.2, 0.25) is 0 Å². The molecule has 124 valence electrons. The van der Waals surface area contributed by atoms with E-state index in [9.17, 15) is 17.8 Å². The van der Waals surface area contributed by atoms with Gasteiger partial charge in [-0.25, -0.2) is 8.42 Å². The van der Waals surface area contributed by atoms with Gasteiger partial charge >= 0.3 is 0 Å². The predicted molar refractivity (Wildman–Crippen MR) is 95.0 cm³/mol. The molecule has 1 fully saturated rings. The summed E-state index contributed by atoms with van der Waals surface area (Å²) >= 11 is 6.19. The summed E-state index contributed by atoms with van der Waals surface area (Å²) in [7, 11) is -4.38. The van der Waals surface area contributed by atoms with Crippen LogP contribution < -0.4 is 0 Å². The number of rotatable bonds is 5. The molecular formula is C15H16NO4S3-. The van der Waals surface area contributed by atoms with Crippen molar-refractivity contribution in [3.63, 3.8) is 0 Å². The summed E-state index contributed by atoms with van der Waals surface area (Å²) in [5, 5.41) is 0. The Morgan fingerprint density at radius 3 is 2.43 bits per heavy atom. The summed E-state index contributed by atoms with van der Waals surface area (Å²) in [5.41, 5.74) is 2.07. The third-order valence-electron chi connectivity index (χ3n) is 3.34. The van der Waals surface area contributed by atoms with Crippen molar-refractivity contribution < 1.29 is 17.8 Å². The minimum absolute atomic E-state index is 0.208. The normalized spacial score (nSPS) is 17.6. The molecule has 0 N–H and O–H groups in total. The van der Waals surface area contributed by atoms with E-state index < -0.39 is 15.9 Å². The Kier molecular flexibility index (Phi) is 5.61. The van der Waals surface area contributed by atoms with E-state index in [0.29, 0.717) is 10.8 Å². The van der Waals surface area contributed by atoms with E-state index in [1.807, 2.05) is 24.3 Å². The van der Waals surface area contributed by atoms with Crippen molar-refractivity contribution >= 4 is 50.4 Å². The molecule has 1 aromatic rings. The molecule has 0 aliphatic carbocycles. The molecule has 0 saturated carbocycles. The van der Waals surface area contributed by atoms with E-state index in [1.54, 1.807) is 6.08 Å². The Labute approximate surface area is 145 Å². The SMILES string of the molecule is CC(C)c1ccc(/C=C2\SC(=S)N(CCS(=O)(=O)[O-])C2=O)cc1. The molecule has 0 aromatic heterocycles. The zero-order valence-electron chi connectivity index (χ0n) is 12.7. The molecule has 1 aliphatic heterocycles. The number of hydrogen-bond acceptors (Lipinski definition) is 6. The van der Waals surface area contributed by atoms with Crippen LogP contribution in [-0.2, 0) is 14.9 Å². The second-order valence-corrected chi connectivity index (χ2v) is 8.62. The second-order valence-electron chi connectivity index (χ2n) is 5.42. The number of thioether (sulfide) groups is 1. The van der Waals surface area contributed by atoms with Crippen molar-refractivity contribution in [3.05, 3.63) is 40.3 Å². The maximum Gasteiger partial charge on any atom is 0.266 e. The lowest BCUT2D eigenvalue weighted by Crippen LogP contribution is -2.32. The van der Waals surface area contributed by atoms with Gasteiger partial charge in [0.2, 0.25) is 0 Å². The van der Waals surface area contributed by atoms with Crippen molar-refractivity contribution in [2.24, 2.45) is 0 Å². The van der Waals surface area contributed by atoms with Crippen LogP contribution in [0.15, 0.2) is 29.2 Å². The summed E-state index contributed by atoms with van der Waals surface area (Å²) in [4.78, 5) is 13.8. The highest BCUT2D eigenvalue weighted by Gasteiger charge is 2.31. The lowest BCUT2D eigenvalue weighted by molar-refractivity contribution is -0.121. The highest BCUT2D eigenvalue weighted by Crippen LogP contribution is 2.32. The predicted octanol–water partition coefficient (Wildman–Crippen LogP) is 2.56. The monoisotopic (exact) mass is 370 g/mol. The van der Waals surface area contributed by atoms with E-state index in [1.165, 1.54) is 5.56 Å². The fourth-order valence-corrected chi connectivity index (χ4v) is 3.74. The van der Waals surface area contributed by atoms with Gasteiger partial charge in [-0.1, -0.05) is 62.1 Å². The Hall–Kier alpha value is -1.22. The van der Waals surface area contributed by atoms with Gasteiger partial charge < -0.3 is 4.55 Å². The van der Waals surface area contributed by atoms with Crippen LogP contribution in [0.3, 0.4) is 0 Å². The maximum absolute atomic E-state index is 12.3. The summed E-state index contributed by atoms with van der Waals surface area (Å²) in [6.45, 7) is 3.99. The number of carbonyl (C=O) groups is 1. The molecule has 0 spiro atoms. The van der Waals surface area contributed by atoms with Crippen LogP contribution in [0.5, 0.6) is 0 Å². The van der Waals surface area contributed by atoms with Gasteiger partial charge in [-0.15, -0.1) is 0 Å². The Bertz CT molecular complexity index is 751. The van der Waals surface area contributed by atoms with Crippen LogP contribution >= 0.6 is 24.0 Å². The molecule has 1 aliphatic rings. The van der Waals surface area contributed by atoms with Crippen LogP contribution in [0.1, 0.15) is 30.9 Å². The number of benzene rings is 1. The number of hydrogen-bond donors (Lipinski definition) is 0. The van der Waals surface area contributed by atoms with Gasteiger partial charge in [0.25, 0.3) is 5.91 Å². The molecule has 0 radical (unpaired) electrons. The van der Waals surface area contributed by atoms with Gasteiger partial charge in [0.05, 0.1) is 20.8 Å². The van der Waals surface area contributed by atoms with Gasteiger partial charge in [0.1, 0.15) is 4.32 Å². The second kappa shape index (κ2) is 7.12. The van der Waals surface area contributed by atoms with Gasteiger partial charge in [0, 0.05) is 6.54 Å². The molecule has 1 saturated heterocycles. The van der Waals surface area contributed by atoms with Gasteiger partial charge in [-0.2, -0.15) is 0 Å². The van der Waals surface area contributed by atoms with Crippen LogP contribution in [0.25, 0.3) is 6.08 Å². The van der Waals surface area contributed by atoms with Crippen molar-refractivity contribution in [1.29, 1.82) is 0 Å². The van der Waals surface area contributed by atoms with Gasteiger partial charge in [0.15, 0.2) is 0 Å². The van der Waals surface area contributed by atoms with Crippen molar-refractivity contribution in [2.75, 3.05) is 12.3 Å². The summed E-state index contributed by atoms with van der Waals surface area (Å²) in [6.07, 6.45) is 1.72. The number of amides is 1. The third kappa shape index (κ3) is 4.87. The summed E-state index contributed by atoms with van der Waals surface area (Å²) in [5.74, 6) is -0.580. The number of carbonyl (C=O) groups excluding carboxylic acids is 1. The van der Waals surface area contributed by atoms with E-state index in [2.05, 4.69) is 13.8 Å². The van der Waals surface area contributed by atoms with Crippen LogP contribution in [0.4, 0.5) is 0 Å². The molecule has 5 nitrogen and oxygen atoms in total. The molecule has 1 heterocycles. The van der Waals surface area contributed by atoms with E-state index in [0.717, 1.165) is 22.2 Å². The molecule has 0 bridgehead atoms.